The number of aryl methyl sites for hydroxylation is 1. The maximum atomic E-state index is 13.3. The van der Waals surface area contributed by atoms with Crippen LogP contribution >= 0.6 is 11.3 Å². The second-order valence-corrected chi connectivity index (χ2v) is 9.88. The first kappa shape index (κ1) is 21.8. The Balaban J connectivity index is 1.63. The molecule has 0 bridgehead atoms. The fourth-order valence-corrected chi connectivity index (χ4v) is 4.37. The molecule has 0 saturated heterocycles. The maximum absolute atomic E-state index is 13.3. The van der Waals surface area contributed by atoms with Crippen LogP contribution in [0.3, 0.4) is 0 Å². The van der Waals surface area contributed by atoms with Gasteiger partial charge in [0.05, 0.1) is 33.3 Å². The van der Waals surface area contributed by atoms with Gasteiger partial charge in [-0.1, -0.05) is 57.2 Å². The normalized spacial score (nSPS) is 12.5. The molecular weight excluding hydrogens is 420 g/mol. The molecule has 2 aromatic heterocycles. The summed E-state index contributed by atoms with van der Waals surface area (Å²) in [6.07, 6.45) is 1.66. The van der Waals surface area contributed by atoms with Gasteiger partial charge in [-0.25, -0.2) is 4.98 Å². The number of aromatic amines is 1. The van der Waals surface area contributed by atoms with Crippen molar-refractivity contribution in [3.63, 3.8) is 0 Å². The minimum atomic E-state index is -0.510. The molecule has 4 aromatic rings. The predicted octanol–water partition coefficient (Wildman–Crippen LogP) is 5.44. The number of hydrogen-bond donors (Lipinski definition) is 3. The highest BCUT2D eigenvalue weighted by Gasteiger charge is 2.24. The number of nitrogens with one attached hydrogen (secondary N) is 3. The quantitative estimate of drug-likeness (QED) is 0.382. The minimum Gasteiger partial charge on any atom is -0.345 e. The van der Waals surface area contributed by atoms with Gasteiger partial charge >= 0.3 is 0 Å². The standard InChI is InChI=1S/C25H26N4O2S/c1-15-12-20(28-24(31)25(2,3)4)32-22(15)23(30)29-21(16-8-6-5-7-9-16)17-10-11-18-19(13-17)27-14-26-18/h5-14,21H,1-4H3,(H,26,27)(H,28,31)(H,29,30). The summed E-state index contributed by atoms with van der Waals surface area (Å²) in [5.41, 5.74) is 4.04. The lowest BCUT2D eigenvalue weighted by molar-refractivity contribution is -0.123. The van der Waals surface area contributed by atoms with Crippen molar-refractivity contribution in [2.45, 2.75) is 33.7 Å². The summed E-state index contributed by atoms with van der Waals surface area (Å²) in [5.74, 6) is -0.261. The summed E-state index contributed by atoms with van der Waals surface area (Å²) < 4.78 is 0. The van der Waals surface area contributed by atoms with E-state index in [4.69, 9.17) is 0 Å². The third-order valence-electron chi connectivity index (χ3n) is 5.23. The molecule has 4 rings (SSSR count). The number of fused-ring (bicyclic) bond motifs is 1. The van der Waals surface area contributed by atoms with Crippen molar-refractivity contribution in [3.05, 3.63) is 82.5 Å². The first-order valence-corrected chi connectivity index (χ1v) is 11.2. The Morgan fingerprint density at radius 1 is 1.03 bits per heavy atom. The largest absolute Gasteiger partial charge is 0.345 e. The predicted molar refractivity (Wildman–Crippen MR) is 129 cm³/mol. The first-order chi connectivity index (χ1) is 15.2. The molecule has 0 radical (unpaired) electrons. The van der Waals surface area contributed by atoms with Crippen LogP contribution in [0.5, 0.6) is 0 Å². The highest BCUT2D eigenvalue weighted by atomic mass is 32.1. The Labute approximate surface area is 191 Å². The van der Waals surface area contributed by atoms with E-state index in [1.54, 1.807) is 6.33 Å². The topological polar surface area (TPSA) is 86.9 Å². The van der Waals surface area contributed by atoms with E-state index >= 15 is 0 Å². The number of rotatable bonds is 5. The lowest BCUT2D eigenvalue weighted by Gasteiger charge is -2.20. The molecule has 0 spiro atoms. The Morgan fingerprint density at radius 3 is 2.50 bits per heavy atom. The van der Waals surface area contributed by atoms with Gasteiger partial charge in [0.15, 0.2) is 0 Å². The Kier molecular flexibility index (Phi) is 5.84. The Morgan fingerprint density at radius 2 is 1.78 bits per heavy atom. The molecule has 2 aromatic carbocycles. The van der Waals surface area contributed by atoms with Crippen molar-refractivity contribution in [2.75, 3.05) is 5.32 Å². The van der Waals surface area contributed by atoms with E-state index < -0.39 is 5.41 Å². The van der Waals surface area contributed by atoms with Gasteiger partial charge in [0.25, 0.3) is 5.91 Å². The van der Waals surface area contributed by atoms with Crippen LogP contribution in [0.25, 0.3) is 11.0 Å². The third kappa shape index (κ3) is 4.57. The van der Waals surface area contributed by atoms with E-state index in [2.05, 4.69) is 20.6 Å². The van der Waals surface area contributed by atoms with E-state index in [0.29, 0.717) is 9.88 Å². The lowest BCUT2D eigenvalue weighted by atomic mass is 9.96. The van der Waals surface area contributed by atoms with E-state index in [-0.39, 0.29) is 17.9 Å². The van der Waals surface area contributed by atoms with Gasteiger partial charge in [-0.3, -0.25) is 9.59 Å². The maximum Gasteiger partial charge on any atom is 0.262 e. The van der Waals surface area contributed by atoms with Crippen molar-refractivity contribution in [1.82, 2.24) is 15.3 Å². The molecule has 0 aliphatic carbocycles. The first-order valence-electron chi connectivity index (χ1n) is 10.4. The van der Waals surface area contributed by atoms with E-state index in [0.717, 1.165) is 27.7 Å². The average molecular weight is 447 g/mol. The van der Waals surface area contributed by atoms with Gasteiger partial charge in [-0.15, -0.1) is 11.3 Å². The van der Waals surface area contributed by atoms with E-state index in [1.165, 1.54) is 11.3 Å². The molecule has 164 valence electrons. The molecule has 2 heterocycles. The van der Waals surface area contributed by atoms with Crippen LogP contribution in [0.2, 0.25) is 0 Å². The van der Waals surface area contributed by atoms with Crippen LogP contribution in [0.15, 0.2) is 60.9 Å². The zero-order valence-corrected chi connectivity index (χ0v) is 19.3. The van der Waals surface area contributed by atoms with Gasteiger partial charge in [0.2, 0.25) is 5.91 Å². The van der Waals surface area contributed by atoms with Gasteiger partial charge in [0, 0.05) is 5.41 Å². The second kappa shape index (κ2) is 8.59. The molecular formula is C25H26N4O2S. The van der Waals surface area contributed by atoms with Gasteiger partial charge in [-0.05, 0) is 41.8 Å². The van der Waals surface area contributed by atoms with Crippen molar-refractivity contribution in [2.24, 2.45) is 5.41 Å². The van der Waals surface area contributed by atoms with E-state index in [1.807, 2.05) is 82.3 Å². The molecule has 0 fully saturated rings. The van der Waals surface area contributed by atoms with Crippen molar-refractivity contribution in [3.8, 4) is 0 Å². The number of aromatic nitrogens is 2. The Hall–Kier alpha value is -3.45. The van der Waals surface area contributed by atoms with Crippen LogP contribution in [0.4, 0.5) is 5.00 Å². The number of hydrogen-bond acceptors (Lipinski definition) is 4. The number of benzene rings is 2. The molecule has 32 heavy (non-hydrogen) atoms. The smallest absolute Gasteiger partial charge is 0.262 e. The van der Waals surface area contributed by atoms with Gasteiger partial charge in [-0.2, -0.15) is 0 Å². The number of carbonyl (C=O) groups excluding carboxylic acids is 2. The number of imidazole rings is 1. The van der Waals surface area contributed by atoms with Crippen LogP contribution in [0.1, 0.15) is 53.2 Å². The third-order valence-corrected chi connectivity index (χ3v) is 6.38. The number of carbonyl (C=O) groups is 2. The van der Waals surface area contributed by atoms with Crippen LogP contribution in [0, 0.1) is 12.3 Å². The summed E-state index contributed by atoms with van der Waals surface area (Å²) in [7, 11) is 0. The summed E-state index contributed by atoms with van der Waals surface area (Å²) in [5, 5.41) is 6.77. The molecule has 0 saturated carbocycles. The SMILES string of the molecule is Cc1cc(NC(=O)C(C)(C)C)sc1C(=O)NC(c1ccccc1)c1ccc2nc[nH]c2c1. The summed E-state index contributed by atoms with van der Waals surface area (Å²) in [4.78, 5) is 33.6. The lowest BCUT2D eigenvalue weighted by Crippen LogP contribution is -2.29. The molecule has 7 heteroatoms. The zero-order chi connectivity index (χ0) is 22.9. The summed E-state index contributed by atoms with van der Waals surface area (Å²) >= 11 is 1.29. The molecule has 0 aliphatic rings. The number of nitrogens with zero attached hydrogens (tertiary/aromatic N) is 1. The highest BCUT2D eigenvalue weighted by molar-refractivity contribution is 7.18. The summed E-state index contributed by atoms with van der Waals surface area (Å²) in [6, 6.07) is 17.3. The van der Waals surface area contributed by atoms with Crippen molar-refractivity contribution < 1.29 is 9.59 Å². The van der Waals surface area contributed by atoms with Crippen LogP contribution < -0.4 is 10.6 Å². The molecule has 3 N–H and O–H groups in total. The number of anilines is 1. The second-order valence-electron chi connectivity index (χ2n) is 8.82. The zero-order valence-electron chi connectivity index (χ0n) is 18.5. The summed E-state index contributed by atoms with van der Waals surface area (Å²) in [6.45, 7) is 7.46. The monoisotopic (exact) mass is 446 g/mol. The average Bonchev–Trinajstić information content (AvgIpc) is 3.37. The van der Waals surface area contributed by atoms with Gasteiger partial charge in [0.1, 0.15) is 0 Å². The van der Waals surface area contributed by atoms with Gasteiger partial charge < -0.3 is 15.6 Å². The highest BCUT2D eigenvalue weighted by Crippen LogP contribution is 2.30. The molecule has 1 atom stereocenters. The number of H-pyrrole nitrogens is 1. The molecule has 1 unspecified atom stereocenters. The molecule has 6 nitrogen and oxygen atoms in total. The minimum absolute atomic E-state index is 0.0827. The fraction of sp³-hybridized carbons (Fsp3) is 0.240. The van der Waals surface area contributed by atoms with Crippen molar-refractivity contribution in [1.29, 1.82) is 0 Å². The number of thiophene rings is 1. The Bertz CT molecular complexity index is 1270. The number of amides is 2. The molecule has 2 amide bonds. The fourth-order valence-electron chi connectivity index (χ4n) is 3.40. The van der Waals surface area contributed by atoms with Crippen LogP contribution in [-0.4, -0.2) is 21.8 Å². The molecule has 0 aliphatic heterocycles. The van der Waals surface area contributed by atoms with E-state index in [9.17, 15) is 9.59 Å². The van der Waals surface area contributed by atoms with Crippen LogP contribution in [-0.2, 0) is 4.79 Å². The van der Waals surface area contributed by atoms with Crippen molar-refractivity contribution >= 4 is 39.2 Å².